The molecule has 3 saturated carbocycles. The first-order chi connectivity index (χ1) is 4.86. The third kappa shape index (κ3) is 0.627. The zero-order chi connectivity index (χ0) is 6.72. The van der Waals surface area contributed by atoms with Gasteiger partial charge in [-0.3, -0.25) is 0 Å². The van der Waals surface area contributed by atoms with Gasteiger partial charge in [0.15, 0.2) is 0 Å². The van der Waals surface area contributed by atoms with E-state index in [1.807, 2.05) is 0 Å². The van der Waals surface area contributed by atoms with E-state index in [-0.39, 0.29) is 0 Å². The first-order valence-electron chi connectivity index (χ1n) is 4.86. The molecule has 0 aliphatic heterocycles. The summed E-state index contributed by atoms with van der Waals surface area (Å²) in [6.07, 6.45) is 6.32. The monoisotopic (exact) mass is 136 g/mol. The maximum absolute atomic E-state index is 2.50. The fourth-order valence-electron chi connectivity index (χ4n) is 3.21. The van der Waals surface area contributed by atoms with Gasteiger partial charge in [-0.25, -0.2) is 0 Å². The Labute approximate surface area is 63.0 Å². The van der Waals surface area contributed by atoms with Gasteiger partial charge in [0.2, 0.25) is 0 Å². The van der Waals surface area contributed by atoms with Crippen LogP contribution >= 0.6 is 0 Å². The number of hydrogen-bond donors (Lipinski definition) is 0. The third-order valence-corrected chi connectivity index (χ3v) is 4.13. The fraction of sp³-hybridized carbons (Fsp3) is 1.00. The second-order valence-electron chi connectivity index (χ2n) is 4.76. The Balaban J connectivity index is 1.76. The van der Waals surface area contributed by atoms with Gasteiger partial charge in [0.05, 0.1) is 0 Å². The highest BCUT2D eigenvalue weighted by Gasteiger charge is 2.54. The van der Waals surface area contributed by atoms with E-state index in [9.17, 15) is 0 Å². The van der Waals surface area contributed by atoms with E-state index >= 15 is 0 Å². The SMILES string of the molecule is CC1C(C2CC2)CC2CC21. The Kier molecular flexibility index (Phi) is 0.898. The molecule has 0 saturated heterocycles. The van der Waals surface area contributed by atoms with Crippen molar-refractivity contribution in [1.29, 1.82) is 0 Å². The van der Waals surface area contributed by atoms with Gasteiger partial charge in [0.25, 0.3) is 0 Å². The van der Waals surface area contributed by atoms with Crippen molar-refractivity contribution in [1.82, 2.24) is 0 Å². The van der Waals surface area contributed by atoms with Crippen molar-refractivity contribution < 1.29 is 0 Å². The molecule has 0 aromatic heterocycles. The molecular weight excluding hydrogens is 120 g/mol. The fourth-order valence-corrected chi connectivity index (χ4v) is 3.21. The highest BCUT2D eigenvalue weighted by molar-refractivity contribution is 5.03. The van der Waals surface area contributed by atoms with Gasteiger partial charge in [-0.2, -0.15) is 0 Å². The molecule has 3 rings (SSSR count). The normalized spacial score (nSPS) is 58.5. The summed E-state index contributed by atoms with van der Waals surface area (Å²) < 4.78 is 0. The molecule has 4 atom stereocenters. The van der Waals surface area contributed by atoms with Crippen LogP contribution in [0.5, 0.6) is 0 Å². The molecule has 0 aromatic rings. The molecule has 0 bridgehead atoms. The summed E-state index contributed by atoms with van der Waals surface area (Å²) in [5, 5.41) is 0. The van der Waals surface area contributed by atoms with Crippen LogP contribution in [0.2, 0.25) is 0 Å². The van der Waals surface area contributed by atoms with Crippen LogP contribution in [0.1, 0.15) is 32.6 Å². The van der Waals surface area contributed by atoms with Crippen molar-refractivity contribution in [2.24, 2.45) is 29.6 Å². The quantitative estimate of drug-likeness (QED) is 0.520. The minimum atomic E-state index is 1.11. The zero-order valence-corrected chi connectivity index (χ0v) is 6.72. The van der Waals surface area contributed by atoms with Crippen LogP contribution in [-0.4, -0.2) is 0 Å². The van der Waals surface area contributed by atoms with E-state index in [0.717, 1.165) is 5.92 Å². The van der Waals surface area contributed by atoms with E-state index in [2.05, 4.69) is 6.92 Å². The molecule has 4 unspecified atom stereocenters. The lowest BCUT2D eigenvalue weighted by molar-refractivity contribution is 0.323. The van der Waals surface area contributed by atoms with Crippen LogP contribution in [0.25, 0.3) is 0 Å². The summed E-state index contributed by atoms with van der Waals surface area (Å²) in [5.41, 5.74) is 0. The van der Waals surface area contributed by atoms with E-state index in [1.165, 1.54) is 23.7 Å². The predicted molar refractivity (Wildman–Crippen MR) is 41.6 cm³/mol. The Morgan fingerprint density at radius 3 is 1.90 bits per heavy atom. The highest BCUT2D eigenvalue weighted by Crippen LogP contribution is 2.62. The van der Waals surface area contributed by atoms with Crippen molar-refractivity contribution in [2.45, 2.75) is 32.6 Å². The van der Waals surface area contributed by atoms with Gasteiger partial charge in [0.1, 0.15) is 0 Å². The van der Waals surface area contributed by atoms with Crippen LogP contribution in [0.3, 0.4) is 0 Å². The van der Waals surface area contributed by atoms with E-state index in [0.29, 0.717) is 0 Å². The maximum atomic E-state index is 2.50. The molecule has 10 heavy (non-hydrogen) atoms. The number of rotatable bonds is 1. The highest BCUT2D eigenvalue weighted by atomic mass is 14.6. The van der Waals surface area contributed by atoms with Crippen molar-refractivity contribution in [3.63, 3.8) is 0 Å². The molecule has 0 amide bonds. The standard InChI is InChI=1S/C10H16/c1-6-9(7-2-3-7)4-8-5-10(6)8/h6-10H,2-5H2,1H3. The van der Waals surface area contributed by atoms with Crippen molar-refractivity contribution in [3.8, 4) is 0 Å². The molecular formula is C10H16. The molecule has 3 fully saturated rings. The van der Waals surface area contributed by atoms with Gasteiger partial charge in [-0.05, 0) is 55.3 Å². The topological polar surface area (TPSA) is 0 Å². The Bertz CT molecular complexity index is 157. The van der Waals surface area contributed by atoms with Gasteiger partial charge in [-0.1, -0.05) is 6.92 Å². The van der Waals surface area contributed by atoms with Crippen molar-refractivity contribution in [3.05, 3.63) is 0 Å². The molecule has 3 aliphatic rings. The van der Waals surface area contributed by atoms with Crippen LogP contribution in [0.15, 0.2) is 0 Å². The van der Waals surface area contributed by atoms with Gasteiger partial charge in [0, 0.05) is 0 Å². The number of hydrogen-bond acceptors (Lipinski definition) is 0. The van der Waals surface area contributed by atoms with Crippen molar-refractivity contribution >= 4 is 0 Å². The Hall–Kier alpha value is 0. The third-order valence-electron chi connectivity index (χ3n) is 4.13. The van der Waals surface area contributed by atoms with Crippen LogP contribution in [-0.2, 0) is 0 Å². The van der Waals surface area contributed by atoms with Gasteiger partial charge in [-0.15, -0.1) is 0 Å². The average Bonchev–Trinajstić information content (AvgIpc) is 2.80. The summed E-state index contributed by atoms with van der Waals surface area (Å²) in [6, 6.07) is 0. The first-order valence-corrected chi connectivity index (χ1v) is 4.86. The molecule has 0 aromatic carbocycles. The largest absolute Gasteiger partial charge is 0.0620 e. The average molecular weight is 136 g/mol. The van der Waals surface area contributed by atoms with Gasteiger partial charge >= 0.3 is 0 Å². The van der Waals surface area contributed by atoms with E-state index in [4.69, 9.17) is 0 Å². The summed E-state index contributed by atoms with van der Waals surface area (Å²) in [5.74, 6) is 5.84. The second-order valence-corrected chi connectivity index (χ2v) is 4.76. The first kappa shape index (κ1) is 5.62. The molecule has 0 heteroatoms. The molecule has 0 spiro atoms. The minimum absolute atomic E-state index is 1.11. The van der Waals surface area contributed by atoms with Crippen molar-refractivity contribution in [2.75, 3.05) is 0 Å². The predicted octanol–water partition coefficient (Wildman–Crippen LogP) is 2.69. The molecule has 0 nitrogen and oxygen atoms in total. The molecule has 56 valence electrons. The molecule has 0 radical (unpaired) electrons. The molecule has 0 heterocycles. The van der Waals surface area contributed by atoms with Crippen LogP contribution < -0.4 is 0 Å². The number of fused-ring (bicyclic) bond motifs is 1. The maximum Gasteiger partial charge on any atom is -0.0354 e. The molecule has 3 aliphatic carbocycles. The van der Waals surface area contributed by atoms with Crippen LogP contribution in [0, 0.1) is 29.6 Å². The summed E-state index contributed by atoms with van der Waals surface area (Å²) in [6.45, 7) is 2.50. The minimum Gasteiger partial charge on any atom is -0.0620 e. The summed E-state index contributed by atoms with van der Waals surface area (Å²) in [4.78, 5) is 0. The lowest BCUT2D eigenvalue weighted by Gasteiger charge is -2.16. The van der Waals surface area contributed by atoms with E-state index in [1.54, 1.807) is 25.7 Å². The summed E-state index contributed by atoms with van der Waals surface area (Å²) in [7, 11) is 0. The summed E-state index contributed by atoms with van der Waals surface area (Å²) >= 11 is 0. The second kappa shape index (κ2) is 1.60. The zero-order valence-electron chi connectivity index (χ0n) is 6.72. The van der Waals surface area contributed by atoms with Crippen LogP contribution in [0.4, 0.5) is 0 Å². The Morgan fingerprint density at radius 1 is 0.900 bits per heavy atom. The lowest BCUT2D eigenvalue weighted by Crippen LogP contribution is -2.10. The molecule has 0 N–H and O–H groups in total. The van der Waals surface area contributed by atoms with Gasteiger partial charge < -0.3 is 0 Å². The lowest BCUT2D eigenvalue weighted by atomic mass is 9.89. The van der Waals surface area contributed by atoms with E-state index < -0.39 is 0 Å². The Morgan fingerprint density at radius 2 is 1.50 bits per heavy atom. The smallest absolute Gasteiger partial charge is 0.0354 e.